The molecule has 0 saturated carbocycles. The first-order valence-electron chi connectivity index (χ1n) is 8.55. The van der Waals surface area contributed by atoms with Crippen molar-refractivity contribution >= 4 is 35.6 Å². The van der Waals surface area contributed by atoms with E-state index in [4.69, 9.17) is 14.7 Å². The average Bonchev–Trinajstić information content (AvgIpc) is 2.67. The first-order chi connectivity index (χ1) is 12.7. The van der Waals surface area contributed by atoms with Gasteiger partial charge in [0.25, 0.3) is 0 Å². The molecule has 27 heavy (non-hydrogen) atoms. The van der Waals surface area contributed by atoms with Crippen LogP contribution in [0.5, 0.6) is 11.5 Å². The molecule has 0 aromatic heterocycles. The summed E-state index contributed by atoms with van der Waals surface area (Å²) < 4.78 is 10.9. The predicted molar refractivity (Wildman–Crippen MR) is 119 cm³/mol. The molecule has 0 heterocycles. The van der Waals surface area contributed by atoms with Crippen LogP contribution in [0.3, 0.4) is 0 Å². The van der Waals surface area contributed by atoms with E-state index in [0.29, 0.717) is 36.2 Å². The van der Waals surface area contributed by atoms with Gasteiger partial charge in [-0.3, -0.25) is 0 Å². The van der Waals surface area contributed by atoms with Gasteiger partial charge in [0.05, 0.1) is 31.9 Å². The molecule has 0 aliphatic carbocycles. The number of methoxy groups -OCH3 is 1. The quantitative estimate of drug-likeness (QED) is 0.354. The highest BCUT2D eigenvalue weighted by molar-refractivity contribution is 14.0. The van der Waals surface area contributed by atoms with Gasteiger partial charge in [-0.05, 0) is 43.7 Å². The molecule has 7 heteroatoms. The normalized spacial score (nSPS) is 10.4. The lowest BCUT2D eigenvalue weighted by Crippen LogP contribution is -2.30. The summed E-state index contributed by atoms with van der Waals surface area (Å²) in [4.78, 5) is 4.59. The van der Waals surface area contributed by atoms with Crippen LogP contribution in [0.1, 0.15) is 25.0 Å². The third-order valence-corrected chi connectivity index (χ3v) is 3.55. The monoisotopic (exact) mass is 480 g/mol. The second-order valence-corrected chi connectivity index (χ2v) is 5.43. The Balaban J connectivity index is 0.00000364. The Hall–Kier alpha value is -2.47. The Morgan fingerprint density at radius 2 is 1.96 bits per heavy atom. The minimum atomic E-state index is 0. The van der Waals surface area contributed by atoms with Crippen LogP contribution in [0.25, 0.3) is 0 Å². The number of rotatable bonds is 7. The summed E-state index contributed by atoms with van der Waals surface area (Å²) in [5, 5.41) is 15.5. The van der Waals surface area contributed by atoms with Crippen LogP contribution < -0.4 is 20.1 Å². The van der Waals surface area contributed by atoms with Gasteiger partial charge in [0.1, 0.15) is 0 Å². The number of ether oxygens (including phenoxy) is 2. The highest BCUT2D eigenvalue weighted by Gasteiger charge is 2.07. The number of nitrogens with zero attached hydrogens (tertiary/aromatic N) is 2. The predicted octanol–water partition coefficient (Wildman–Crippen LogP) is 4.16. The van der Waals surface area contributed by atoms with Crippen LogP contribution in [0, 0.1) is 11.3 Å². The third kappa shape index (κ3) is 6.98. The van der Waals surface area contributed by atoms with E-state index in [2.05, 4.69) is 21.7 Å². The van der Waals surface area contributed by atoms with Crippen LogP contribution >= 0.6 is 24.0 Å². The molecule has 0 saturated heterocycles. The van der Waals surface area contributed by atoms with Crippen molar-refractivity contribution in [3.8, 4) is 17.6 Å². The lowest BCUT2D eigenvalue weighted by atomic mass is 10.1. The molecule has 2 aromatic rings. The van der Waals surface area contributed by atoms with Crippen molar-refractivity contribution in [3.63, 3.8) is 0 Å². The van der Waals surface area contributed by atoms with Gasteiger partial charge in [-0.1, -0.05) is 12.1 Å². The number of nitriles is 1. The Kier molecular flexibility index (Phi) is 10.0. The second-order valence-electron chi connectivity index (χ2n) is 5.43. The van der Waals surface area contributed by atoms with E-state index in [1.54, 1.807) is 13.2 Å². The molecule has 0 aliphatic heterocycles. The maximum atomic E-state index is 9.00. The summed E-state index contributed by atoms with van der Waals surface area (Å²) in [7, 11) is 1.62. The smallest absolute Gasteiger partial charge is 0.196 e. The number of halogens is 1. The summed E-state index contributed by atoms with van der Waals surface area (Å²) in [5.41, 5.74) is 2.46. The number of hydrogen-bond acceptors (Lipinski definition) is 4. The molecular formula is C20H25IN4O2. The fourth-order valence-electron chi connectivity index (χ4n) is 2.38. The fourth-order valence-corrected chi connectivity index (χ4v) is 2.38. The first-order valence-corrected chi connectivity index (χ1v) is 8.55. The van der Waals surface area contributed by atoms with Gasteiger partial charge < -0.3 is 20.1 Å². The molecule has 0 amide bonds. The molecule has 0 radical (unpaired) electrons. The zero-order chi connectivity index (χ0) is 18.8. The van der Waals surface area contributed by atoms with Gasteiger partial charge in [0, 0.05) is 18.3 Å². The number of hydrogen-bond donors (Lipinski definition) is 2. The zero-order valence-electron chi connectivity index (χ0n) is 15.8. The highest BCUT2D eigenvalue weighted by Crippen LogP contribution is 2.30. The van der Waals surface area contributed by atoms with E-state index in [9.17, 15) is 0 Å². The van der Waals surface area contributed by atoms with E-state index < -0.39 is 0 Å². The molecule has 0 bridgehead atoms. The van der Waals surface area contributed by atoms with Crippen molar-refractivity contribution in [2.24, 2.45) is 4.99 Å². The fraction of sp³-hybridized carbons (Fsp3) is 0.300. The molecule has 6 nitrogen and oxygen atoms in total. The van der Waals surface area contributed by atoms with Gasteiger partial charge >= 0.3 is 0 Å². The van der Waals surface area contributed by atoms with Gasteiger partial charge in [0.2, 0.25) is 0 Å². The lowest BCUT2D eigenvalue weighted by molar-refractivity contribution is 0.311. The van der Waals surface area contributed by atoms with Gasteiger partial charge in [-0.25, -0.2) is 4.99 Å². The molecule has 144 valence electrons. The molecule has 0 unspecified atom stereocenters. The van der Waals surface area contributed by atoms with E-state index in [1.165, 1.54) is 0 Å². The van der Waals surface area contributed by atoms with Crippen molar-refractivity contribution in [2.75, 3.05) is 25.6 Å². The minimum absolute atomic E-state index is 0. The third-order valence-electron chi connectivity index (χ3n) is 3.55. The van der Waals surface area contributed by atoms with E-state index in [-0.39, 0.29) is 24.0 Å². The lowest BCUT2D eigenvalue weighted by Gasteiger charge is -2.14. The summed E-state index contributed by atoms with van der Waals surface area (Å²) >= 11 is 0. The van der Waals surface area contributed by atoms with Crippen molar-refractivity contribution in [1.82, 2.24) is 5.32 Å². The molecule has 2 rings (SSSR count). The Morgan fingerprint density at radius 1 is 1.15 bits per heavy atom. The second kappa shape index (κ2) is 12.0. The minimum Gasteiger partial charge on any atom is -0.493 e. The van der Waals surface area contributed by atoms with Gasteiger partial charge in [0.15, 0.2) is 17.5 Å². The molecule has 0 aliphatic rings. The zero-order valence-corrected chi connectivity index (χ0v) is 18.1. The van der Waals surface area contributed by atoms with Gasteiger partial charge in [-0.15, -0.1) is 24.0 Å². The average molecular weight is 480 g/mol. The Morgan fingerprint density at radius 3 is 2.63 bits per heavy atom. The van der Waals surface area contributed by atoms with Crippen LogP contribution in [0.4, 0.5) is 5.69 Å². The Labute approximate surface area is 177 Å². The molecule has 2 aromatic carbocycles. The number of aliphatic imine (C=N–C) groups is 1. The van der Waals surface area contributed by atoms with E-state index in [0.717, 1.165) is 17.8 Å². The number of benzene rings is 2. The number of nitrogens with one attached hydrogen (secondary N) is 2. The van der Waals surface area contributed by atoms with Crippen molar-refractivity contribution in [1.29, 1.82) is 5.26 Å². The highest BCUT2D eigenvalue weighted by atomic mass is 127. The summed E-state index contributed by atoms with van der Waals surface area (Å²) in [5.74, 6) is 2.02. The maximum absolute atomic E-state index is 9.00. The number of anilines is 1. The molecule has 2 N–H and O–H groups in total. The standard InChI is InChI=1S/C20H24N4O2.HI/c1-4-22-20(23-14-16-8-6-7-15(11-16)13-21)24-17-9-10-18(25-3)19(12-17)26-5-2;/h6-12H,4-5,14H2,1-3H3,(H2,22,23,24);1H. The maximum Gasteiger partial charge on any atom is 0.196 e. The SMILES string of the molecule is CCNC(=NCc1cccc(C#N)c1)Nc1ccc(OC)c(OCC)c1.I. The molecule has 0 fully saturated rings. The number of guanidine groups is 1. The summed E-state index contributed by atoms with van der Waals surface area (Å²) in [6.07, 6.45) is 0. The van der Waals surface area contributed by atoms with Crippen LogP contribution in [0.15, 0.2) is 47.5 Å². The van der Waals surface area contributed by atoms with Crippen LogP contribution in [-0.4, -0.2) is 26.2 Å². The van der Waals surface area contributed by atoms with Crippen molar-refractivity contribution in [2.45, 2.75) is 20.4 Å². The summed E-state index contributed by atoms with van der Waals surface area (Å²) in [6.45, 7) is 5.70. The Bertz CT molecular complexity index is 803. The molecular weight excluding hydrogens is 455 g/mol. The topological polar surface area (TPSA) is 78.7 Å². The van der Waals surface area contributed by atoms with Crippen molar-refractivity contribution in [3.05, 3.63) is 53.6 Å². The molecule has 0 atom stereocenters. The van der Waals surface area contributed by atoms with E-state index >= 15 is 0 Å². The van der Waals surface area contributed by atoms with Crippen LogP contribution in [-0.2, 0) is 6.54 Å². The first kappa shape index (κ1) is 22.6. The van der Waals surface area contributed by atoms with Crippen molar-refractivity contribution < 1.29 is 9.47 Å². The summed E-state index contributed by atoms with van der Waals surface area (Å²) in [6, 6.07) is 15.2. The van der Waals surface area contributed by atoms with E-state index in [1.807, 2.05) is 50.2 Å². The largest absolute Gasteiger partial charge is 0.493 e. The molecule has 0 spiro atoms. The van der Waals surface area contributed by atoms with Gasteiger partial charge in [-0.2, -0.15) is 5.26 Å². The van der Waals surface area contributed by atoms with Crippen LogP contribution in [0.2, 0.25) is 0 Å².